The van der Waals surface area contributed by atoms with Crippen molar-refractivity contribution >= 4 is 0 Å². The minimum atomic E-state index is 0.678. The summed E-state index contributed by atoms with van der Waals surface area (Å²) >= 11 is 0. The van der Waals surface area contributed by atoms with Crippen molar-refractivity contribution in [1.82, 2.24) is 0 Å². The minimum Gasteiger partial charge on any atom is -0.493 e. The Bertz CT molecular complexity index is 282. The van der Waals surface area contributed by atoms with Gasteiger partial charge in [-0.15, -0.1) is 0 Å². The molecule has 0 aliphatic carbocycles. The second-order valence-corrected chi connectivity index (χ2v) is 3.13. The zero-order valence-corrected chi connectivity index (χ0v) is 9.17. The van der Waals surface area contributed by atoms with Gasteiger partial charge in [0.1, 0.15) is 0 Å². The van der Waals surface area contributed by atoms with Crippen molar-refractivity contribution in [2.75, 3.05) is 13.7 Å². The van der Waals surface area contributed by atoms with Gasteiger partial charge in [-0.1, -0.05) is 25.5 Å². The lowest BCUT2D eigenvalue weighted by Crippen LogP contribution is -1.99. The van der Waals surface area contributed by atoms with E-state index >= 15 is 0 Å². The van der Waals surface area contributed by atoms with Gasteiger partial charge in [-0.3, -0.25) is 0 Å². The molecule has 0 fully saturated rings. The van der Waals surface area contributed by atoms with Crippen LogP contribution >= 0.6 is 0 Å². The number of benzene rings is 1. The second-order valence-electron chi connectivity index (χ2n) is 3.13. The van der Waals surface area contributed by atoms with Gasteiger partial charge in [0.15, 0.2) is 11.5 Å². The highest BCUT2D eigenvalue weighted by atomic mass is 16.5. The average Bonchev–Trinajstić information content (AvgIpc) is 2.21. The summed E-state index contributed by atoms with van der Waals surface area (Å²) < 4.78 is 10.8. The predicted octanol–water partition coefficient (Wildman–Crippen LogP) is 3.05. The molecule has 14 heavy (non-hydrogen) atoms. The Labute approximate surface area is 85.8 Å². The van der Waals surface area contributed by atoms with E-state index in [4.69, 9.17) is 9.47 Å². The van der Waals surface area contributed by atoms with Crippen molar-refractivity contribution in [2.45, 2.75) is 26.7 Å². The van der Waals surface area contributed by atoms with Crippen LogP contribution in [0.1, 0.15) is 25.8 Å². The highest BCUT2D eigenvalue weighted by Gasteiger charge is 2.08. The van der Waals surface area contributed by atoms with Crippen LogP contribution in [-0.4, -0.2) is 13.7 Å². The highest BCUT2D eigenvalue weighted by molar-refractivity contribution is 5.46. The maximum atomic E-state index is 5.59. The van der Waals surface area contributed by atoms with Crippen molar-refractivity contribution in [3.8, 4) is 11.5 Å². The fraction of sp³-hybridized carbons (Fsp3) is 0.500. The van der Waals surface area contributed by atoms with Gasteiger partial charge in [-0.2, -0.15) is 0 Å². The minimum absolute atomic E-state index is 0.678. The van der Waals surface area contributed by atoms with E-state index in [0.29, 0.717) is 6.61 Å². The van der Waals surface area contributed by atoms with Crippen LogP contribution < -0.4 is 9.47 Å². The Morgan fingerprint density at radius 2 is 2.00 bits per heavy atom. The molecule has 0 aliphatic heterocycles. The molecule has 1 rings (SSSR count). The molecular weight excluding hydrogens is 176 g/mol. The first kappa shape index (κ1) is 10.9. The topological polar surface area (TPSA) is 18.5 Å². The monoisotopic (exact) mass is 194 g/mol. The zero-order chi connectivity index (χ0) is 10.4. The Morgan fingerprint density at radius 3 is 2.57 bits per heavy atom. The van der Waals surface area contributed by atoms with E-state index in [9.17, 15) is 0 Å². The summed E-state index contributed by atoms with van der Waals surface area (Å²) in [4.78, 5) is 0. The molecule has 1 aromatic rings. The molecule has 0 bridgehead atoms. The maximum absolute atomic E-state index is 5.59. The number of methoxy groups -OCH3 is 1. The van der Waals surface area contributed by atoms with Crippen LogP contribution in [0.2, 0.25) is 0 Å². The lowest BCUT2D eigenvalue weighted by molar-refractivity contribution is 0.307. The summed E-state index contributed by atoms with van der Waals surface area (Å²) in [6.07, 6.45) is 2.15. The predicted molar refractivity (Wildman–Crippen MR) is 58.2 cm³/mol. The van der Waals surface area contributed by atoms with Crippen LogP contribution in [0.3, 0.4) is 0 Å². The van der Waals surface area contributed by atoms with Crippen LogP contribution in [-0.2, 0) is 6.42 Å². The SMILES string of the molecule is CCCc1cccc(OC)c1OCC. The van der Waals surface area contributed by atoms with Gasteiger partial charge in [0.2, 0.25) is 0 Å². The Hall–Kier alpha value is -1.18. The normalized spacial score (nSPS) is 9.93. The molecule has 1 aromatic carbocycles. The Balaban J connectivity index is 3.00. The van der Waals surface area contributed by atoms with Crippen LogP contribution in [0, 0.1) is 0 Å². The average molecular weight is 194 g/mol. The largest absolute Gasteiger partial charge is 0.493 e. The molecule has 0 radical (unpaired) electrons. The molecule has 0 heterocycles. The summed E-state index contributed by atoms with van der Waals surface area (Å²) in [6, 6.07) is 6.04. The van der Waals surface area contributed by atoms with E-state index in [1.54, 1.807) is 7.11 Å². The van der Waals surface area contributed by atoms with Crippen molar-refractivity contribution in [3.63, 3.8) is 0 Å². The van der Waals surface area contributed by atoms with E-state index in [-0.39, 0.29) is 0 Å². The van der Waals surface area contributed by atoms with Crippen LogP contribution in [0.5, 0.6) is 11.5 Å². The molecule has 0 saturated carbocycles. The molecule has 0 amide bonds. The van der Waals surface area contributed by atoms with Crippen molar-refractivity contribution in [2.24, 2.45) is 0 Å². The summed E-state index contributed by atoms with van der Waals surface area (Å²) in [5.74, 6) is 1.73. The highest BCUT2D eigenvalue weighted by Crippen LogP contribution is 2.31. The Kier molecular flexibility index (Phi) is 4.30. The first-order valence-electron chi connectivity index (χ1n) is 5.12. The van der Waals surface area contributed by atoms with Gasteiger partial charge >= 0.3 is 0 Å². The molecular formula is C12H18O2. The van der Waals surface area contributed by atoms with E-state index in [1.807, 2.05) is 19.1 Å². The third kappa shape index (κ3) is 2.41. The summed E-state index contributed by atoms with van der Waals surface area (Å²) in [6.45, 7) is 4.83. The van der Waals surface area contributed by atoms with Gasteiger partial charge in [0.25, 0.3) is 0 Å². The van der Waals surface area contributed by atoms with E-state index in [0.717, 1.165) is 24.3 Å². The quantitative estimate of drug-likeness (QED) is 0.717. The molecule has 0 aliphatic rings. The molecule has 0 N–H and O–H groups in total. The summed E-state index contributed by atoms with van der Waals surface area (Å²) in [5.41, 5.74) is 1.23. The molecule has 0 unspecified atom stereocenters. The first-order chi connectivity index (χ1) is 6.83. The third-order valence-electron chi connectivity index (χ3n) is 2.09. The standard InChI is InChI=1S/C12H18O2/c1-4-7-10-8-6-9-11(13-3)12(10)14-5-2/h6,8-9H,4-5,7H2,1-3H3. The van der Waals surface area contributed by atoms with Gasteiger partial charge in [0.05, 0.1) is 13.7 Å². The smallest absolute Gasteiger partial charge is 0.164 e. The van der Waals surface area contributed by atoms with Gasteiger partial charge in [-0.25, -0.2) is 0 Å². The fourth-order valence-electron chi connectivity index (χ4n) is 1.50. The van der Waals surface area contributed by atoms with E-state index < -0.39 is 0 Å². The lowest BCUT2D eigenvalue weighted by Gasteiger charge is -2.13. The summed E-state index contributed by atoms with van der Waals surface area (Å²) in [5, 5.41) is 0. The summed E-state index contributed by atoms with van der Waals surface area (Å²) in [7, 11) is 1.67. The van der Waals surface area contributed by atoms with E-state index in [1.165, 1.54) is 5.56 Å². The van der Waals surface area contributed by atoms with Crippen molar-refractivity contribution < 1.29 is 9.47 Å². The molecule has 0 aromatic heterocycles. The number of ether oxygens (including phenoxy) is 2. The first-order valence-corrected chi connectivity index (χ1v) is 5.12. The van der Waals surface area contributed by atoms with Crippen LogP contribution in [0.4, 0.5) is 0 Å². The number of para-hydroxylation sites is 1. The maximum Gasteiger partial charge on any atom is 0.164 e. The fourth-order valence-corrected chi connectivity index (χ4v) is 1.50. The van der Waals surface area contributed by atoms with Crippen LogP contribution in [0.25, 0.3) is 0 Å². The second kappa shape index (κ2) is 5.53. The molecule has 78 valence electrons. The van der Waals surface area contributed by atoms with Crippen molar-refractivity contribution in [3.05, 3.63) is 23.8 Å². The zero-order valence-electron chi connectivity index (χ0n) is 9.17. The molecule has 0 saturated heterocycles. The van der Waals surface area contributed by atoms with Crippen molar-refractivity contribution in [1.29, 1.82) is 0 Å². The third-order valence-corrected chi connectivity index (χ3v) is 2.09. The van der Waals surface area contributed by atoms with Gasteiger partial charge < -0.3 is 9.47 Å². The lowest BCUT2D eigenvalue weighted by atomic mass is 10.1. The number of hydrogen-bond donors (Lipinski definition) is 0. The van der Waals surface area contributed by atoms with Gasteiger partial charge in [-0.05, 0) is 25.0 Å². The number of aryl methyl sites for hydroxylation is 1. The molecule has 0 spiro atoms. The Morgan fingerprint density at radius 1 is 1.21 bits per heavy atom. The van der Waals surface area contributed by atoms with E-state index in [2.05, 4.69) is 13.0 Å². The number of rotatable bonds is 5. The molecule has 0 atom stereocenters. The van der Waals surface area contributed by atoms with Crippen LogP contribution in [0.15, 0.2) is 18.2 Å². The number of hydrogen-bond acceptors (Lipinski definition) is 2. The molecule has 2 heteroatoms. The van der Waals surface area contributed by atoms with Gasteiger partial charge in [0, 0.05) is 0 Å². The molecule has 2 nitrogen and oxygen atoms in total.